The zero-order valence-electron chi connectivity index (χ0n) is 15.7. The van der Waals surface area contributed by atoms with Crippen molar-refractivity contribution in [2.24, 2.45) is 0 Å². The fourth-order valence-electron chi connectivity index (χ4n) is 3.57. The third kappa shape index (κ3) is 3.21. The van der Waals surface area contributed by atoms with Gasteiger partial charge in [0.2, 0.25) is 5.91 Å². The van der Waals surface area contributed by atoms with E-state index in [-0.39, 0.29) is 24.4 Å². The molecule has 3 aromatic rings. The van der Waals surface area contributed by atoms with Gasteiger partial charge in [0.05, 0.1) is 0 Å². The molecule has 0 saturated carbocycles. The summed E-state index contributed by atoms with van der Waals surface area (Å²) in [7, 11) is 0. The highest BCUT2D eigenvalue weighted by molar-refractivity contribution is 6.03. The van der Waals surface area contributed by atoms with E-state index in [4.69, 9.17) is 4.42 Å². The zero-order chi connectivity index (χ0) is 19.1. The number of furan rings is 1. The van der Waals surface area contributed by atoms with Gasteiger partial charge in [0, 0.05) is 29.2 Å². The second kappa shape index (κ2) is 6.58. The molecule has 1 atom stereocenters. The van der Waals surface area contributed by atoms with Crippen LogP contribution in [0.25, 0.3) is 11.0 Å². The van der Waals surface area contributed by atoms with Gasteiger partial charge in [-0.25, -0.2) is 0 Å². The minimum Gasteiger partial charge on any atom is -0.461 e. The van der Waals surface area contributed by atoms with Gasteiger partial charge in [0.25, 0.3) is 5.91 Å². The third-order valence-corrected chi connectivity index (χ3v) is 5.08. The smallest absolute Gasteiger partial charge is 0.254 e. The van der Waals surface area contributed by atoms with Crippen molar-refractivity contribution in [2.45, 2.75) is 26.8 Å². The van der Waals surface area contributed by atoms with Crippen LogP contribution >= 0.6 is 0 Å². The number of hydrogen-bond acceptors (Lipinski definition) is 3. The number of piperazine rings is 1. The normalized spacial score (nSPS) is 17.6. The molecule has 0 N–H and O–H groups in total. The molecule has 138 valence electrons. The third-order valence-electron chi connectivity index (χ3n) is 5.08. The number of fused-ring (bicyclic) bond motifs is 1. The van der Waals surface area contributed by atoms with Crippen molar-refractivity contribution in [3.8, 4) is 0 Å². The number of benzene rings is 2. The van der Waals surface area contributed by atoms with Crippen LogP contribution < -0.4 is 4.90 Å². The van der Waals surface area contributed by atoms with Gasteiger partial charge >= 0.3 is 0 Å². The Kier molecular flexibility index (Phi) is 4.22. The Morgan fingerprint density at radius 2 is 1.81 bits per heavy atom. The highest BCUT2D eigenvalue weighted by Crippen LogP contribution is 2.24. The minimum absolute atomic E-state index is 0.0643. The van der Waals surface area contributed by atoms with Gasteiger partial charge in [0.1, 0.15) is 17.9 Å². The zero-order valence-corrected chi connectivity index (χ0v) is 15.7. The Labute approximate surface area is 158 Å². The van der Waals surface area contributed by atoms with Gasteiger partial charge in [-0.1, -0.05) is 17.7 Å². The molecular formula is C22H22N2O3. The maximum Gasteiger partial charge on any atom is 0.254 e. The lowest BCUT2D eigenvalue weighted by Gasteiger charge is -2.39. The molecule has 2 aromatic carbocycles. The first-order chi connectivity index (χ1) is 12.9. The molecule has 2 heterocycles. The fourth-order valence-corrected chi connectivity index (χ4v) is 3.57. The van der Waals surface area contributed by atoms with E-state index in [2.05, 4.69) is 0 Å². The average Bonchev–Trinajstić information content (AvgIpc) is 3.02. The van der Waals surface area contributed by atoms with Crippen LogP contribution in [0.4, 0.5) is 5.69 Å². The molecule has 5 nitrogen and oxygen atoms in total. The summed E-state index contributed by atoms with van der Waals surface area (Å²) in [5, 5.41) is 0.899. The van der Waals surface area contributed by atoms with Crippen LogP contribution in [0.2, 0.25) is 0 Å². The molecule has 1 aliphatic rings. The highest BCUT2D eigenvalue weighted by Gasteiger charge is 2.33. The molecule has 1 aromatic heterocycles. The van der Waals surface area contributed by atoms with Gasteiger partial charge in [-0.15, -0.1) is 0 Å². The maximum absolute atomic E-state index is 13.0. The van der Waals surface area contributed by atoms with Crippen molar-refractivity contribution >= 4 is 28.5 Å². The van der Waals surface area contributed by atoms with E-state index in [9.17, 15) is 9.59 Å². The molecule has 4 rings (SSSR count). The topological polar surface area (TPSA) is 53.8 Å². The number of nitrogens with zero attached hydrogens (tertiary/aromatic N) is 2. The SMILES string of the molecule is Cc1ccc(N2C[C@H](C)N(C(=O)c3ccc4oc(C)cc4c3)CC2=O)cc1. The Bertz CT molecular complexity index is 1020. The number of hydrogen-bond donors (Lipinski definition) is 0. The first kappa shape index (κ1) is 17.3. The van der Waals surface area contributed by atoms with Gasteiger partial charge in [0.15, 0.2) is 0 Å². The summed E-state index contributed by atoms with van der Waals surface area (Å²) in [6.45, 7) is 6.44. The van der Waals surface area contributed by atoms with Crippen LogP contribution in [0.3, 0.4) is 0 Å². The molecule has 1 fully saturated rings. The average molecular weight is 362 g/mol. The van der Waals surface area contributed by atoms with E-state index in [0.717, 1.165) is 28.0 Å². The van der Waals surface area contributed by atoms with Gasteiger partial charge in [-0.2, -0.15) is 0 Å². The van der Waals surface area contributed by atoms with E-state index in [0.29, 0.717) is 12.1 Å². The summed E-state index contributed by atoms with van der Waals surface area (Å²) < 4.78 is 5.57. The summed E-state index contributed by atoms with van der Waals surface area (Å²) in [5.41, 5.74) is 3.36. The highest BCUT2D eigenvalue weighted by atomic mass is 16.3. The lowest BCUT2D eigenvalue weighted by Crippen LogP contribution is -2.57. The monoisotopic (exact) mass is 362 g/mol. The van der Waals surface area contributed by atoms with Crippen molar-refractivity contribution in [3.05, 3.63) is 65.4 Å². The van der Waals surface area contributed by atoms with E-state index < -0.39 is 0 Å². The minimum atomic E-state index is -0.125. The summed E-state index contributed by atoms with van der Waals surface area (Å²) in [6, 6.07) is 15.1. The quantitative estimate of drug-likeness (QED) is 0.694. The van der Waals surface area contributed by atoms with Crippen LogP contribution in [0.5, 0.6) is 0 Å². The lowest BCUT2D eigenvalue weighted by molar-refractivity contribution is -0.121. The molecule has 0 radical (unpaired) electrons. The predicted molar refractivity (Wildman–Crippen MR) is 105 cm³/mol. The first-order valence-electron chi connectivity index (χ1n) is 9.10. The van der Waals surface area contributed by atoms with E-state index >= 15 is 0 Å². The molecule has 27 heavy (non-hydrogen) atoms. The second-order valence-electron chi connectivity index (χ2n) is 7.23. The molecule has 1 saturated heterocycles. The molecule has 2 amide bonds. The van der Waals surface area contributed by atoms with E-state index in [1.165, 1.54) is 0 Å². The van der Waals surface area contributed by atoms with Crippen molar-refractivity contribution in [2.75, 3.05) is 18.0 Å². The largest absolute Gasteiger partial charge is 0.461 e. The number of carbonyl (C=O) groups excluding carboxylic acids is 2. The summed E-state index contributed by atoms with van der Waals surface area (Å²) in [5.74, 6) is 0.621. The Balaban J connectivity index is 1.56. The predicted octanol–water partition coefficient (Wildman–Crippen LogP) is 3.93. The van der Waals surface area contributed by atoms with Crippen molar-refractivity contribution in [1.82, 2.24) is 4.90 Å². The van der Waals surface area contributed by atoms with Crippen LogP contribution in [0, 0.1) is 13.8 Å². The molecule has 5 heteroatoms. The molecule has 0 aliphatic carbocycles. The lowest BCUT2D eigenvalue weighted by atomic mass is 10.1. The van der Waals surface area contributed by atoms with Gasteiger partial charge in [-0.05, 0) is 57.2 Å². The van der Waals surface area contributed by atoms with E-state index in [1.807, 2.05) is 63.2 Å². The van der Waals surface area contributed by atoms with Crippen LogP contribution in [-0.2, 0) is 4.79 Å². The maximum atomic E-state index is 13.0. The number of carbonyl (C=O) groups is 2. The fraction of sp³-hybridized carbons (Fsp3) is 0.273. The summed E-state index contributed by atoms with van der Waals surface area (Å²) >= 11 is 0. The standard InChI is InChI=1S/C22H22N2O3/c1-14-4-7-19(8-5-14)24-12-15(2)23(13-21(24)25)22(26)17-6-9-20-18(11-17)10-16(3)27-20/h4-11,15H,12-13H2,1-3H3/t15-/m0/s1. The Hall–Kier alpha value is -3.08. The van der Waals surface area contributed by atoms with Crippen molar-refractivity contribution < 1.29 is 14.0 Å². The van der Waals surface area contributed by atoms with Crippen molar-refractivity contribution in [3.63, 3.8) is 0 Å². The molecular weight excluding hydrogens is 340 g/mol. The van der Waals surface area contributed by atoms with Crippen LogP contribution in [-0.4, -0.2) is 35.8 Å². The number of anilines is 1. The Morgan fingerprint density at radius 1 is 1.07 bits per heavy atom. The first-order valence-corrected chi connectivity index (χ1v) is 9.10. The summed E-state index contributed by atoms with van der Waals surface area (Å²) in [4.78, 5) is 29.1. The molecule has 0 bridgehead atoms. The second-order valence-corrected chi connectivity index (χ2v) is 7.23. The molecule has 0 spiro atoms. The van der Waals surface area contributed by atoms with E-state index in [1.54, 1.807) is 15.9 Å². The number of amides is 2. The summed E-state index contributed by atoms with van der Waals surface area (Å²) in [6.07, 6.45) is 0. The number of aryl methyl sites for hydroxylation is 2. The number of rotatable bonds is 2. The molecule has 0 unspecified atom stereocenters. The van der Waals surface area contributed by atoms with Crippen LogP contribution in [0.1, 0.15) is 28.6 Å². The van der Waals surface area contributed by atoms with Crippen molar-refractivity contribution in [1.29, 1.82) is 0 Å². The molecule has 1 aliphatic heterocycles. The van der Waals surface area contributed by atoms with Gasteiger partial charge < -0.3 is 14.2 Å². The van der Waals surface area contributed by atoms with Crippen LogP contribution in [0.15, 0.2) is 52.9 Å². The Morgan fingerprint density at radius 3 is 2.56 bits per heavy atom. The van der Waals surface area contributed by atoms with Gasteiger partial charge in [-0.3, -0.25) is 9.59 Å².